The zero-order valence-electron chi connectivity index (χ0n) is 10.3. The fourth-order valence-corrected chi connectivity index (χ4v) is 1.88. The number of methoxy groups -OCH3 is 2. The third-order valence-corrected chi connectivity index (χ3v) is 2.84. The first kappa shape index (κ1) is 12.6. The zero-order chi connectivity index (χ0) is 13.0. The van der Waals surface area contributed by atoms with Crippen molar-refractivity contribution >= 4 is 12.2 Å². The number of hydrogen-bond acceptors (Lipinski definition) is 4. The topological polar surface area (TPSA) is 62.9 Å². The van der Waals surface area contributed by atoms with Gasteiger partial charge < -0.3 is 9.47 Å². The SMILES string of the molecule is COc1ccc(CCc2nc(=S)[nH][nH]2)cc1OC. The highest BCUT2D eigenvalue weighted by Crippen LogP contribution is 2.27. The summed E-state index contributed by atoms with van der Waals surface area (Å²) in [5.41, 5.74) is 1.16. The van der Waals surface area contributed by atoms with E-state index in [9.17, 15) is 0 Å². The standard InChI is InChI=1S/C12H15N3O2S/c1-16-9-5-3-8(7-10(9)17-2)4-6-11-13-12(18)15-14-11/h3,5,7H,4,6H2,1-2H3,(H2,13,14,15,18). The molecule has 0 saturated carbocycles. The van der Waals surface area contributed by atoms with Crippen molar-refractivity contribution in [1.82, 2.24) is 15.2 Å². The quantitative estimate of drug-likeness (QED) is 0.814. The van der Waals surface area contributed by atoms with Crippen LogP contribution in [-0.4, -0.2) is 29.4 Å². The van der Waals surface area contributed by atoms with Gasteiger partial charge in [0.1, 0.15) is 5.82 Å². The molecule has 0 fully saturated rings. The molecule has 0 bridgehead atoms. The maximum atomic E-state index is 5.26. The summed E-state index contributed by atoms with van der Waals surface area (Å²) >= 11 is 4.90. The Labute approximate surface area is 110 Å². The Hall–Kier alpha value is -1.82. The maximum absolute atomic E-state index is 5.26. The van der Waals surface area contributed by atoms with Crippen molar-refractivity contribution in [1.29, 1.82) is 0 Å². The van der Waals surface area contributed by atoms with Gasteiger partial charge in [-0.2, -0.15) is 0 Å². The van der Waals surface area contributed by atoms with Gasteiger partial charge in [-0.25, -0.2) is 4.98 Å². The Morgan fingerprint density at radius 1 is 1.11 bits per heavy atom. The molecule has 0 saturated heterocycles. The first-order chi connectivity index (χ1) is 8.72. The Morgan fingerprint density at radius 3 is 2.50 bits per heavy atom. The van der Waals surface area contributed by atoms with Gasteiger partial charge in [0.25, 0.3) is 0 Å². The molecule has 2 aromatic rings. The summed E-state index contributed by atoms with van der Waals surface area (Å²) in [4.78, 5) is 4.15. The molecule has 96 valence electrons. The van der Waals surface area contributed by atoms with Crippen LogP contribution in [0.1, 0.15) is 11.4 Å². The molecule has 0 aliphatic carbocycles. The fraction of sp³-hybridized carbons (Fsp3) is 0.333. The van der Waals surface area contributed by atoms with Crippen LogP contribution in [0.25, 0.3) is 0 Å². The van der Waals surface area contributed by atoms with Crippen LogP contribution in [0, 0.1) is 4.77 Å². The van der Waals surface area contributed by atoms with Crippen LogP contribution in [0.3, 0.4) is 0 Å². The van der Waals surface area contributed by atoms with Crippen LogP contribution < -0.4 is 9.47 Å². The number of hydrogen-bond donors (Lipinski definition) is 2. The van der Waals surface area contributed by atoms with Gasteiger partial charge in [-0.3, -0.25) is 10.2 Å². The van der Waals surface area contributed by atoms with Crippen molar-refractivity contribution in [3.63, 3.8) is 0 Å². The lowest BCUT2D eigenvalue weighted by Gasteiger charge is -2.09. The van der Waals surface area contributed by atoms with E-state index in [0.29, 0.717) is 4.77 Å². The molecule has 5 nitrogen and oxygen atoms in total. The second kappa shape index (κ2) is 5.68. The molecule has 2 rings (SSSR count). The van der Waals surface area contributed by atoms with Crippen LogP contribution in [0.2, 0.25) is 0 Å². The van der Waals surface area contributed by atoms with Crippen LogP contribution >= 0.6 is 12.2 Å². The van der Waals surface area contributed by atoms with Crippen molar-refractivity contribution in [2.45, 2.75) is 12.8 Å². The van der Waals surface area contributed by atoms with Gasteiger partial charge in [0.05, 0.1) is 14.2 Å². The van der Waals surface area contributed by atoms with Crippen LogP contribution in [-0.2, 0) is 12.8 Å². The van der Waals surface area contributed by atoms with Gasteiger partial charge in [-0.1, -0.05) is 6.07 Å². The summed E-state index contributed by atoms with van der Waals surface area (Å²) in [6.07, 6.45) is 1.65. The highest BCUT2D eigenvalue weighted by molar-refractivity contribution is 7.71. The molecule has 18 heavy (non-hydrogen) atoms. The number of ether oxygens (including phenoxy) is 2. The number of rotatable bonds is 5. The number of nitrogens with one attached hydrogen (secondary N) is 2. The van der Waals surface area contributed by atoms with Gasteiger partial charge in [-0.05, 0) is 36.3 Å². The molecule has 2 N–H and O–H groups in total. The van der Waals surface area contributed by atoms with Crippen molar-refractivity contribution in [2.24, 2.45) is 0 Å². The summed E-state index contributed by atoms with van der Waals surface area (Å²) in [5, 5.41) is 5.71. The number of aryl methyl sites for hydroxylation is 2. The minimum Gasteiger partial charge on any atom is -0.493 e. The molecule has 1 aromatic carbocycles. The van der Waals surface area contributed by atoms with Crippen LogP contribution in [0.5, 0.6) is 11.5 Å². The van der Waals surface area contributed by atoms with Gasteiger partial charge in [-0.15, -0.1) is 0 Å². The summed E-state index contributed by atoms with van der Waals surface area (Å²) in [5.74, 6) is 2.33. The molecule has 0 radical (unpaired) electrons. The molecule has 0 unspecified atom stereocenters. The monoisotopic (exact) mass is 265 g/mol. The molecule has 0 spiro atoms. The Kier molecular flexibility index (Phi) is 3.99. The number of aromatic amines is 2. The van der Waals surface area contributed by atoms with Crippen LogP contribution in [0.4, 0.5) is 0 Å². The molecule has 0 atom stereocenters. The van der Waals surface area contributed by atoms with Gasteiger partial charge in [0.15, 0.2) is 11.5 Å². The number of nitrogens with zero attached hydrogens (tertiary/aromatic N) is 1. The van der Waals surface area contributed by atoms with E-state index >= 15 is 0 Å². The molecule has 0 amide bonds. The van der Waals surface area contributed by atoms with Gasteiger partial charge in [0.2, 0.25) is 4.77 Å². The van der Waals surface area contributed by atoms with E-state index in [0.717, 1.165) is 35.7 Å². The lowest BCUT2D eigenvalue weighted by Crippen LogP contribution is -1.96. The Bertz CT molecular complexity index is 577. The van der Waals surface area contributed by atoms with E-state index in [1.807, 2.05) is 18.2 Å². The summed E-state index contributed by atoms with van der Waals surface area (Å²) in [7, 11) is 3.26. The van der Waals surface area contributed by atoms with Crippen molar-refractivity contribution < 1.29 is 9.47 Å². The Morgan fingerprint density at radius 2 is 1.89 bits per heavy atom. The fourth-order valence-electron chi connectivity index (χ4n) is 1.72. The van der Waals surface area contributed by atoms with Gasteiger partial charge in [0, 0.05) is 6.42 Å². The van der Waals surface area contributed by atoms with Crippen LogP contribution in [0.15, 0.2) is 18.2 Å². The maximum Gasteiger partial charge on any atom is 0.213 e. The first-order valence-corrected chi connectivity index (χ1v) is 5.98. The minimum atomic E-state index is 0.484. The molecule has 0 aliphatic heterocycles. The minimum absolute atomic E-state index is 0.484. The first-order valence-electron chi connectivity index (χ1n) is 5.57. The smallest absolute Gasteiger partial charge is 0.213 e. The average molecular weight is 265 g/mol. The van der Waals surface area contributed by atoms with Crippen molar-refractivity contribution in [3.05, 3.63) is 34.4 Å². The molecule has 6 heteroatoms. The average Bonchev–Trinajstić information content (AvgIpc) is 2.81. The molecule has 1 heterocycles. The highest BCUT2D eigenvalue weighted by atomic mass is 32.1. The predicted molar refractivity (Wildman–Crippen MR) is 70.7 cm³/mol. The third kappa shape index (κ3) is 2.89. The lowest BCUT2D eigenvalue weighted by atomic mass is 10.1. The molecular weight excluding hydrogens is 250 g/mol. The van der Waals surface area contributed by atoms with Crippen molar-refractivity contribution in [3.8, 4) is 11.5 Å². The second-order valence-electron chi connectivity index (χ2n) is 3.80. The number of H-pyrrole nitrogens is 2. The second-order valence-corrected chi connectivity index (χ2v) is 4.19. The normalized spacial score (nSPS) is 10.3. The summed E-state index contributed by atoms with van der Waals surface area (Å²) < 4.78 is 10.9. The number of benzene rings is 1. The van der Waals surface area contributed by atoms with E-state index in [-0.39, 0.29) is 0 Å². The summed E-state index contributed by atoms with van der Waals surface area (Å²) in [6, 6.07) is 5.89. The van der Waals surface area contributed by atoms with E-state index in [2.05, 4.69) is 15.2 Å². The van der Waals surface area contributed by atoms with E-state index in [4.69, 9.17) is 21.7 Å². The van der Waals surface area contributed by atoms with E-state index < -0.39 is 0 Å². The molecule has 1 aromatic heterocycles. The van der Waals surface area contributed by atoms with E-state index in [1.165, 1.54) is 0 Å². The molecular formula is C12H15N3O2S. The van der Waals surface area contributed by atoms with E-state index in [1.54, 1.807) is 14.2 Å². The highest BCUT2D eigenvalue weighted by Gasteiger charge is 2.05. The van der Waals surface area contributed by atoms with Crippen molar-refractivity contribution in [2.75, 3.05) is 14.2 Å². The Balaban J connectivity index is 2.07. The lowest BCUT2D eigenvalue weighted by molar-refractivity contribution is 0.354. The summed E-state index contributed by atoms with van der Waals surface area (Å²) in [6.45, 7) is 0. The van der Waals surface area contributed by atoms with Gasteiger partial charge >= 0.3 is 0 Å². The predicted octanol–water partition coefficient (Wildman–Crippen LogP) is 2.27. The number of aromatic nitrogens is 3. The zero-order valence-corrected chi connectivity index (χ0v) is 11.1. The largest absolute Gasteiger partial charge is 0.493 e. The third-order valence-electron chi connectivity index (χ3n) is 2.65. The molecule has 0 aliphatic rings.